The van der Waals surface area contributed by atoms with Crippen LogP contribution in [-0.4, -0.2) is 6.54 Å². The molecule has 0 N–H and O–H groups in total. The van der Waals surface area contributed by atoms with Crippen molar-refractivity contribution in [1.82, 2.24) is 0 Å². The molecule has 3 heteroatoms. The van der Waals surface area contributed by atoms with Gasteiger partial charge in [0.15, 0.2) is 0 Å². The second kappa shape index (κ2) is 6.00. The van der Waals surface area contributed by atoms with Gasteiger partial charge in [0.25, 0.3) is 0 Å². The Balaban J connectivity index is 3.61. The van der Waals surface area contributed by atoms with E-state index in [1.807, 2.05) is 6.92 Å². The molecule has 0 amide bonds. The Morgan fingerprint density at radius 1 is 1.80 bits per heavy atom. The predicted molar refractivity (Wildman–Crippen MR) is 41.2 cm³/mol. The van der Waals surface area contributed by atoms with E-state index in [0.717, 1.165) is 6.42 Å². The number of hydrogen-bond acceptors (Lipinski definition) is 1. The molecule has 0 fully saturated rings. The molecule has 1 atom stereocenters. The van der Waals surface area contributed by atoms with Crippen LogP contribution in [0.5, 0.6) is 0 Å². The molecule has 0 aromatic rings. The van der Waals surface area contributed by atoms with Gasteiger partial charge < -0.3 is 0 Å². The molecule has 0 spiro atoms. The van der Waals surface area contributed by atoms with Gasteiger partial charge in [-0.1, -0.05) is 18.5 Å². The number of hydrogen-bond donors (Lipinski definition) is 0. The van der Waals surface area contributed by atoms with Crippen molar-refractivity contribution in [3.05, 3.63) is 10.4 Å². The van der Waals surface area contributed by atoms with Crippen molar-refractivity contribution in [3.63, 3.8) is 0 Å². The second-order valence-electron chi connectivity index (χ2n) is 2.10. The summed E-state index contributed by atoms with van der Waals surface area (Å²) in [5, 5.41) is 3.45. The minimum absolute atomic E-state index is 0.362. The van der Waals surface area contributed by atoms with Gasteiger partial charge in [-0.05, 0) is 11.4 Å². The smallest absolute Gasteiger partial charge is 0.0295 e. The highest BCUT2D eigenvalue weighted by molar-refractivity contribution is 4.87. The lowest BCUT2D eigenvalue weighted by Crippen LogP contribution is -2.00. The van der Waals surface area contributed by atoms with Crippen LogP contribution in [0.2, 0.25) is 0 Å². The van der Waals surface area contributed by atoms with E-state index in [1.54, 1.807) is 0 Å². The van der Waals surface area contributed by atoms with E-state index in [9.17, 15) is 0 Å². The van der Waals surface area contributed by atoms with Crippen molar-refractivity contribution >= 4 is 0 Å². The quantitative estimate of drug-likeness (QED) is 0.247. The highest BCUT2D eigenvalue weighted by Crippen LogP contribution is 2.06. The van der Waals surface area contributed by atoms with Crippen molar-refractivity contribution in [1.29, 1.82) is 0 Å². The predicted octanol–water partition coefficient (Wildman–Crippen LogP) is 2.35. The molecule has 0 bridgehead atoms. The van der Waals surface area contributed by atoms with Crippen LogP contribution in [0.4, 0.5) is 0 Å². The lowest BCUT2D eigenvalue weighted by Gasteiger charge is -2.04. The third-order valence-electron chi connectivity index (χ3n) is 1.39. The van der Waals surface area contributed by atoms with Crippen molar-refractivity contribution in [2.45, 2.75) is 19.8 Å². The van der Waals surface area contributed by atoms with E-state index in [2.05, 4.69) is 15.9 Å². The fourth-order valence-corrected chi connectivity index (χ4v) is 0.657. The van der Waals surface area contributed by atoms with Crippen LogP contribution in [0.1, 0.15) is 19.8 Å². The first-order chi connectivity index (χ1) is 4.85. The normalized spacial score (nSPS) is 11.2. The monoisotopic (exact) mass is 137 g/mol. The molecule has 0 aliphatic heterocycles. The minimum atomic E-state index is 0.362. The van der Waals surface area contributed by atoms with Crippen molar-refractivity contribution in [2.75, 3.05) is 6.54 Å². The largest absolute Gasteiger partial charge is 0.120 e. The van der Waals surface area contributed by atoms with Crippen molar-refractivity contribution in [2.24, 2.45) is 11.0 Å². The third-order valence-corrected chi connectivity index (χ3v) is 1.39. The lowest BCUT2D eigenvalue weighted by atomic mass is 10.0. The maximum absolute atomic E-state index is 7.99. The van der Waals surface area contributed by atoms with Crippen LogP contribution < -0.4 is 0 Å². The van der Waals surface area contributed by atoms with Crippen LogP contribution in [0, 0.1) is 18.3 Å². The molecule has 0 radical (unpaired) electrons. The van der Waals surface area contributed by atoms with Gasteiger partial charge in [-0.25, -0.2) is 0 Å². The third kappa shape index (κ3) is 3.82. The van der Waals surface area contributed by atoms with E-state index >= 15 is 0 Å². The summed E-state index contributed by atoms with van der Waals surface area (Å²) in [4.78, 5) is 2.66. The average Bonchev–Trinajstić information content (AvgIpc) is 1.98. The summed E-state index contributed by atoms with van der Waals surface area (Å²) in [6.45, 7) is 2.56. The van der Waals surface area contributed by atoms with Crippen LogP contribution in [-0.2, 0) is 0 Å². The first kappa shape index (κ1) is 8.87. The molecule has 0 saturated heterocycles. The Kier molecular flexibility index (Phi) is 5.32. The first-order valence-corrected chi connectivity index (χ1v) is 3.29. The van der Waals surface area contributed by atoms with Gasteiger partial charge in [-0.2, -0.15) is 0 Å². The van der Waals surface area contributed by atoms with Crippen LogP contribution >= 0.6 is 0 Å². The molecule has 3 nitrogen and oxygen atoms in total. The number of terminal acetylenes is 1. The SMILES string of the molecule is C#CCC(CC)CN=[N+]=[N-]. The Labute approximate surface area is 61.1 Å². The van der Waals surface area contributed by atoms with Crippen molar-refractivity contribution < 1.29 is 0 Å². The molecular weight excluding hydrogens is 126 g/mol. The Hall–Kier alpha value is -1.13. The van der Waals surface area contributed by atoms with E-state index in [0.29, 0.717) is 18.9 Å². The molecule has 1 unspecified atom stereocenters. The highest BCUT2D eigenvalue weighted by atomic mass is 15.1. The maximum atomic E-state index is 7.99. The summed E-state index contributed by atoms with van der Waals surface area (Å²) in [5.41, 5.74) is 7.99. The molecule has 10 heavy (non-hydrogen) atoms. The summed E-state index contributed by atoms with van der Waals surface area (Å²) in [7, 11) is 0. The topological polar surface area (TPSA) is 48.8 Å². The zero-order valence-electron chi connectivity index (χ0n) is 6.12. The van der Waals surface area contributed by atoms with Gasteiger partial charge in [0.2, 0.25) is 0 Å². The standard InChI is InChI=1S/C7H11N3/c1-3-5-7(4-2)6-9-10-8/h1,7H,4-6H2,2H3. The first-order valence-electron chi connectivity index (χ1n) is 3.29. The van der Waals surface area contributed by atoms with E-state index in [4.69, 9.17) is 12.0 Å². The molecule has 0 aliphatic carbocycles. The summed E-state index contributed by atoms with van der Waals surface area (Å²) in [6, 6.07) is 0. The van der Waals surface area contributed by atoms with Gasteiger partial charge in [-0.15, -0.1) is 12.3 Å². The molecule has 0 aromatic carbocycles. The fourth-order valence-electron chi connectivity index (χ4n) is 0.657. The summed E-state index contributed by atoms with van der Waals surface area (Å²) in [5.74, 6) is 2.91. The molecule has 0 aromatic heterocycles. The molecule has 0 heterocycles. The van der Waals surface area contributed by atoms with Gasteiger partial charge in [0.05, 0.1) is 0 Å². The summed E-state index contributed by atoms with van der Waals surface area (Å²) in [6.07, 6.45) is 6.77. The minimum Gasteiger partial charge on any atom is -0.120 e. The molecule has 0 aliphatic rings. The number of azide groups is 1. The number of nitrogens with zero attached hydrogens (tertiary/aromatic N) is 3. The van der Waals surface area contributed by atoms with E-state index in [1.165, 1.54) is 0 Å². The maximum Gasteiger partial charge on any atom is 0.0295 e. The zero-order valence-corrected chi connectivity index (χ0v) is 6.12. The van der Waals surface area contributed by atoms with Crippen LogP contribution in [0.25, 0.3) is 10.4 Å². The van der Waals surface area contributed by atoms with Gasteiger partial charge in [0, 0.05) is 17.9 Å². The van der Waals surface area contributed by atoms with E-state index < -0.39 is 0 Å². The molecule has 0 rings (SSSR count). The van der Waals surface area contributed by atoms with E-state index in [-0.39, 0.29) is 0 Å². The lowest BCUT2D eigenvalue weighted by molar-refractivity contribution is 0.535. The van der Waals surface area contributed by atoms with Crippen LogP contribution in [0.15, 0.2) is 5.11 Å². The van der Waals surface area contributed by atoms with Crippen molar-refractivity contribution in [3.8, 4) is 12.3 Å². The zero-order chi connectivity index (χ0) is 7.82. The Morgan fingerprint density at radius 3 is 2.90 bits per heavy atom. The van der Waals surface area contributed by atoms with Gasteiger partial charge in [0.1, 0.15) is 0 Å². The number of rotatable bonds is 4. The Bertz CT molecular complexity index is 162. The molecular formula is C7H11N3. The van der Waals surface area contributed by atoms with Gasteiger partial charge >= 0.3 is 0 Å². The highest BCUT2D eigenvalue weighted by Gasteiger charge is 2.00. The van der Waals surface area contributed by atoms with Crippen LogP contribution in [0.3, 0.4) is 0 Å². The summed E-state index contributed by atoms with van der Waals surface area (Å²) < 4.78 is 0. The average molecular weight is 137 g/mol. The second-order valence-corrected chi connectivity index (χ2v) is 2.10. The molecule has 0 saturated carbocycles. The summed E-state index contributed by atoms with van der Waals surface area (Å²) >= 11 is 0. The Morgan fingerprint density at radius 2 is 2.50 bits per heavy atom. The molecule has 54 valence electrons. The fraction of sp³-hybridized carbons (Fsp3) is 0.714. The van der Waals surface area contributed by atoms with Gasteiger partial charge in [-0.3, -0.25) is 0 Å².